The van der Waals surface area contributed by atoms with E-state index in [4.69, 9.17) is 9.84 Å². The number of aliphatic imine (C=N–C) groups is 1. The number of methoxy groups -OCH3 is 1. The van der Waals surface area contributed by atoms with Crippen LogP contribution in [0.1, 0.15) is 6.42 Å². The minimum Gasteiger partial charge on any atom is -0.469 e. The number of carbonyl (C=O) groups is 1. The van der Waals surface area contributed by atoms with Crippen LogP contribution in [0.25, 0.3) is 0 Å². The maximum absolute atomic E-state index is 10.6. The number of rotatable bonds is 2. The fourth-order valence-electron chi connectivity index (χ4n) is 0.705. The molecule has 1 N–H and O–H groups in total. The third-order valence-corrected chi connectivity index (χ3v) is 1.22. The largest absolute Gasteiger partial charge is 0.469 e. The van der Waals surface area contributed by atoms with Gasteiger partial charge in [-0.3, -0.25) is 4.79 Å². The van der Waals surface area contributed by atoms with Gasteiger partial charge in [-0.25, -0.2) is 4.99 Å². The molecule has 11 heavy (non-hydrogen) atoms. The Morgan fingerprint density at radius 1 is 2.00 bits per heavy atom. The van der Waals surface area contributed by atoms with Gasteiger partial charge >= 0.3 is 5.97 Å². The molecular formula is C6H9NO4. The van der Waals surface area contributed by atoms with Crippen LogP contribution < -0.4 is 0 Å². The highest BCUT2D eigenvalue weighted by molar-refractivity contribution is 5.94. The van der Waals surface area contributed by atoms with Crippen molar-refractivity contribution in [2.75, 3.05) is 13.7 Å². The van der Waals surface area contributed by atoms with Crippen molar-refractivity contribution < 1.29 is 19.4 Å². The first-order valence-electron chi connectivity index (χ1n) is 3.17. The van der Waals surface area contributed by atoms with Crippen LogP contribution in [0.5, 0.6) is 0 Å². The first kappa shape index (κ1) is 8.00. The maximum atomic E-state index is 10.6. The van der Waals surface area contributed by atoms with Crippen molar-refractivity contribution in [2.24, 2.45) is 4.99 Å². The molecule has 0 aromatic rings. The normalized spacial score (nSPS) is 22.4. The molecule has 0 aromatic carbocycles. The highest BCUT2D eigenvalue weighted by Crippen LogP contribution is 2.04. The minimum atomic E-state index is -0.894. The molecule has 0 radical (unpaired) electrons. The molecule has 1 atom stereocenters. The van der Waals surface area contributed by atoms with E-state index in [1.807, 2.05) is 0 Å². The molecule has 5 heteroatoms. The van der Waals surface area contributed by atoms with Crippen LogP contribution in [0.4, 0.5) is 0 Å². The van der Waals surface area contributed by atoms with Gasteiger partial charge in [-0.2, -0.15) is 0 Å². The Bertz CT molecular complexity index is 189. The quantitative estimate of drug-likeness (QED) is 0.541. The number of esters is 1. The molecule has 0 saturated carbocycles. The van der Waals surface area contributed by atoms with Gasteiger partial charge in [0.05, 0.1) is 7.11 Å². The van der Waals surface area contributed by atoms with Crippen molar-refractivity contribution in [3.63, 3.8) is 0 Å². The van der Waals surface area contributed by atoms with E-state index in [1.54, 1.807) is 0 Å². The molecule has 0 spiro atoms. The molecule has 0 aliphatic carbocycles. The third kappa shape index (κ3) is 2.19. The number of ether oxygens (including phenoxy) is 2. The van der Waals surface area contributed by atoms with Crippen molar-refractivity contribution in [3.8, 4) is 0 Å². The topological polar surface area (TPSA) is 68.1 Å². The minimum absolute atomic E-state index is 0.00639. The lowest BCUT2D eigenvalue weighted by atomic mass is 10.4. The van der Waals surface area contributed by atoms with E-state index in [0.717, 1.165) is 0 Å². The first-order valence-corrected chi connectivity index (χ1v) is 3.17. The van der Waals surface area contributed by atoms with Crippen LogP contribution in [0.3, 0.4) is 0 Å². The third-order valence-electron chi connectivity index (χ3n) is 1.22. The Morgan fingerprint density at radius 2 is 2.73 bits per heavy atom. The first-order chi connectivity index (χ1) is 5.22. The predicted octanol–water partition coefficient (Wildman–Crippen LogP) is -0.703. The Hall–Kier alpha value is -1.10. The second kappa shape index (κ2) is 3.34. The van der Waals surface area contributed by atoms with Crippen LogP contribution in [-0.2, 0) is 14.3 Å². The molecule has 0 amide bonds. The van der Waals surface area contributed by atoms with Crippen molar-refractivity contribution in [1.29, 1.82) is 0 Å². The smallest absolute Gasteiger partial charge is 0.314 e. The zero-order valence-electron chi connectivity index (χ0n) is 6.11. The summed E-state index contributed by atoms with van der Waals surface area (Å²) in [5.74, 6) is -0.179. The van der Waals surface area contributed by atoms with Gasteiger partial charge in [-0.15, -0.1) is 0 Å². The Balaban J connectivity index is 2.33. The van der Waals surface area contributed by atoms with E-state index in [0.29, 0.717) is 0 Å². The van der Waals surface area contributed by atoms with Crippen molar-refractivity contribution in [2.45, 2.75) is 12.7 Å². The van der Waals surface area contributed by atoms with Crippen LogP contribution >= 0.6 is 0 Å². The maximum Gasteiger partial charge on any atom is 0.314 e. The molecule has 1 heterocycles. The van der Waals surface area contributed by atoms with E-state index in [9.17, 15) is 4.79 Å². The van der Waals surface area contributed by atoms with Crippen LogP contribution in [0.2, 0.25) is 0 Å². The Morgan fingerprint density at radius 3 is 3.18 bits per heavy atom. The van der Waals surface area contributed by atoms with Crippen molar-refractivity contribution in [1.82, 2.24) is 0 Å². The fourth-order valence-corrected chi connectivity index (χ4v) is 0.705. The lowest BCUT2D eigenvalue weighted by molar-refractivity contribution is -0.139. The monoisotopic (exact) mass is 159 g/mol. The molecular weight excluding hydrogens is 150 g/mol. The second-order valence-corrected chi connectivity index (χ2v) is 2.06. The van der Waals surface area contributed by atoms with Crippen LogP contribution in [0, 0.1) is 0 Å². The Labute approximate surface area is 63.6 Å². The summed E-state index contributed by atoms with van der Waals surface area (Å²) in [6, 6.07) is 0. The molecule has 0 bridgehead atoms. The molecule has 62 valence electrons. The summed E-state index contributed by atoms with van der Waals surface area (Å²) >= 11 is 0. The molecule has 1 aliphatic heterocycles. The zero-order valence-corrected chi connectivity index (χ0v) is 6.11. The fraction of sp³-hybridized carbons (Fsp3) is 0.667. The Kier molecular flexibility index (Phi) is 2.43. The summed E-state index contributed by atoms with van der Waals surface area (Å²) in [7, 11) is 1.29. The second-order valence-electron chi connectivity index (χ2n) is 2.06. The summed E-state index contributed by atoms with van der Waals surface area (Å²) in [5, 5.41) is 8.80. The predicted molar refractivity (Wildman–Crippen MR) is 36.0 cm³/mol. The standard InChI is InChI=1S/C6H9NO4/c1-10-5(8)2-4-7-3-6(9)11-4/h6,9H,2-3H2,1H3. The van der Waals surface area contributed by atoms with Gasteiger partial charge in [0.15, 0.2) is 5.90 Å². The van der Waals surface area contributed by atoms with Gasteiger partial charge in [0.2, 0.25) is 6.29 Å². The summed E-state index contributed by atoms with van der Waals surface area (Å²) in [6.45, 7) is 0.201. The summed E-state index contributed by atoms with van der Waals surface area (Å²) < 4.78 is 9.10. The highest BCUT2D eigenvalue weighted by atomic mass is 16.6. The number of carbonyl (C=O) groups excluding carboxylic acids is 1. The van der Waals surface area contributed by atoms with Crippen molar-refractivity contribution in [3.05, 3.63) is 0 Å². The molecule has 1 rings (SSSR count). The molecule has 1 unspecified atom stereocenters. The number of aliphatic hydroxyl groups excluding tert-OH is 1. The molecule has 1 aliphatic rings. The lowest BCUT2D eigenvalue weighted by Gasteiger charge is -2.02. The van der Waals surface area contributed by atoms with Crippen molar-refractivity contribution >= 4 is 11.9 Å². The number of nitrogens with zero attached hydrogens (tertiary/aromatic N) is 1. The molecule has 0 aromatic heterocycles. The average Bonchev–Trinajstić information content (AvgIpc) is 2.35. The number of aliphatic hydroxyl groups is 1. The molecule has 5 nitrogen and oxygen atoms in total. The van der Waals surface area contributed by atoms with Crippen LogP contribution in [0.15, 0.2) is 4.99 Å². The van der Waals surface area contributed by atoms with Gasteiger partial charge in [0, 0.05) is 0 Å². The van der Waals surface area contributed by atoms with E-state index in [2.05, 4.69) is 9.73 Å². The summed E-state index contributed by atoms with van der Waals surface area (Å²) in [5.41, 5.74) is 0. The van der Waals surface area contributed by atoms with Gasteiger partial charge in [0.1, 0.15) is 13.0 Å². The van der Waals surface area contributed by atoms with Crippen LogP contribution in [-0.4, -0.2) is 36.9 Å². The zero-order chi connectivity index (χ0) is 8.27. The summed E-state index contributed by atoms with van der Waals surface area (Å²) in [4.78, 5) is 14.4. The highest BCUT2D eigenvalue weighted by Gasteiger charge is 2.19. The van der Waals surface area contributed by atoms with Gasteiger partial charge in [0.25, 0.3) is 0 Å². The number of hydrogen-bond donors (Lipinski definition) is 1. The van der Waals surface area contributed by atoms with Gasteiger partial charge in [-0.1, -0.05) is 0 Å². The molecule has 0 saturated heterocycles. The van der Waals surface area contributed by atoms with E-state index in [-0.39, 0.29) is 18.9 Å². The van der Waals surface area contributed by atoms with E-state index < -0.39 is 12.3 Å². The van der Waals surface area contributed by atoms with Gasteiger partial charge < -0.3 is 14.6 Å². The van der Waals surface area contributed by atoms with E-state index in [1.165, 1.54) is 7.11 Å². The average molecular weight is 159 g/mol. The number of hydrogen-bond acceptors (Lipinski definition) is 5. The van der Waals surface area contributed by atoms with Gasteiger partial charge in [-0.05, 0) is 0 Å². The van der Waals surface area contributed by atoms with E-state index >= 15 is 0 Å². The SMILES string of the molecule is COC(=O)CC1=NCC(O)O1. The summed E-state index contributed by atoms with van der Waals surface area (Å²) in [6.07, 6.45) is -0.900. The lowest BCUT2D eigenvalue weighted by Crippen LogP contribution is -2.14. The molecule has 0 fully saturated rings.